The van der Waals surface area contributed by atoms with Crippen LogP contribution in [0.25, 0.3) is 0 Å². The van der Waals surface area contributed by atoms with E-state index in [-0.39, 0.29) is 17.9 Å². The highest BCUT2D eigenvalue weighted by atomic mass is 32.2. The molecule has 0 saturated carbocycles. The van der Waals surface area contributed by atoms with Crippen LogP contribution in [0.5, 0.6) is 0 Å². The fraction of sp³-hybridized carbons (Fsp3) is 0.500. The zero-order chi connectivity index (χ0) is 15.2. The van der Waals surface area contributed by atoms with Crippen LogP contribution in [0.4, 0.5) is 4.39 Å². The number of nitrogens with zero attached hydrogens (tertiary/aromatic N) is 2. The van der Waals surface area contributed by atoms with Crippen molar-refractivity contribution >= 4 is 15.9 Å². The first-order chi connectivity index (χ1) is 9.86. The molecule has 0 radical (unpaired) electrons. The maximum Gasteiger partial charge on any atom is 0.254 e. The molecule has 2 saturated heterocycles. The van der Waals surface area contributed by atoms with Gasteiger partial charge in [-0.05, 0) is 30.5 Å². The average Bonchev–Trinajstić information content (AvgIpc) is 2.96. The SMILES string of the molecule is CS(=O)(=O)N1C[C@@H]2CCN(C(=O)c3cccc(F)c3)[C@@H]2C1. The number of likely N-dealkylation sites (tertiary alicyclic amines) is 1. The smallest absolute Gasteiger partial charge is 0.254 e. The second kappa shape index (κ2) is 5.06. The summed E-state index contributed by atoms with van der Waals surface area (Å²) >= 11 is 0. The van der Waals surface area contributed by atoms with Gasteiger partial charge in [-0.25, -0.2) is 12.8 Å². The van der Waals surface area contributed by atoms with Gasteiger partial charge in [0.25, 0.3) is 5.91 Å². The number of benzene rings is 1. The summed E-state index contributed by atoms with van der Waals surface area (Å²) < 4.78 is 37.9. The molecule has 21 heavy (non-hydrogen) atoms. The second-order valence-corrected chi connectivity index (χ2v) is 7.69. The van der Waals surface area contributed by atoms with Gasteiger partial charge >= 0.3 is 0 Å². The van der Waals surface area contributed by atoms with E-state index in [1.165, 1.54) is 28.8 Å². The van der Waals surface area contributed by atoms with Crippen molar-refractivity contribution in [3.63, 3.8) is 0 Å². The second-order valence-electron chi connectivity index (χ2n) is 5.70. The fourth-order valence-electron chi connectivity index (χ4n) is 3.23. The zero-order valence-corrected chi connectivity index (χ0v) is 12.5. The zero-order valence-electron chi connectivity index (χ0n) is 11.7. The number of rotatable bonds is 2. The standard InChI is InChI=1S/C14H17FN2O3S/c1-21(19,20)16-8-11-5-6-17(13(11)9-16)14(18)10-3-2-4-12(15)7-10/h2-4,7,11,13H,5-6,8-9H2,1H3/t11-,13+/m0/s1. The van der Waals surface area contributed by atoms with Crippen molar-refractivity contribution in [2.75, 3.05) is 25.9 Å². The van der Waals surface area contributed by atoms with Gasteiger partial charge in [0, 0.05) is 31.2 Å². The van der Waals surface area contributed by atoms with E-state index in [1.54, 1.807) is 11.0 Å². The molecule has 5 nitrogen and oxygen atoms in total. The first-order valence-electron chi connectivity index (χ1n) is 6.88. The molecule has 1 amide bonds. The van der Waals surface area contributed by atoms with Gasteiger partial charge in [-0.15, -0.1) is 0 Å². The topological polar surface area (TPSA) is 57.7 Å². The van der Waals surface area contributed by atoms with Crippen LogP contribution in [0.15, 0.2) is 24.3 Å². The Bertz CT molecular complexity index is 677. The van der Waals surface area contributed by atoms with Crippen LogP contribution in [0, 0.1) is 11.7 Å². The van der Waals surface area contributed by atoms with Gasteiger partial charge in [-0.3, -0.25) is 4.79 Å². The molecule has 0 N–H and O–H groups in total. The number of fused-ring (bicyclic) bond motifs is 1. The van der Waals surface area contributed by atoms with Crippen molar-refractivity contribution < 1.29 is 17.6 Å². The highest BCUT2D eigenvalue weighted by Gasteiger charge is 2.45. The predicted molar refractivity (Wildman–Crippen MR) is 75.7 cm³/mol. The Morgan fingerprint density at radius 1 is 1.33 bits per heavy atom. The summed E-state index contributed by atoms with van der Waals surface area (Å²) in [7, 11) is -3.23. The van der Waals surface area contributed by atoms with Crippen LogP contribution in [-0.4, -0.2) is 55.5 Å². The van der Waals surface area contributed by atoms with Crippen molar-refractivity contribution in [3.05, 3.63) is 35.6 Å². The normalized spacial score (nSPS) is 26.1. The van der Waals surface area contributed by atoms with Gasteiger partial charge in [0.1, 0.15) is 5.82 Å². The molecule has 0 unspecified atom stereocenters. The van der Waals surface area contributed by atoms with E-state index in [4.69, 9.17) is 0 Å². The molecule has 7 heteroatoms. The number of hydrogen-bond acceptors (Lipinski definition) is 3. The van der Waals surface area contributed by atoms with Crippen molar-refractivity contribution in [3.8, 4) is 0 Å². The van der Waals surface area contributed by atoms with Crippen molar-refractivity contribution in [1.82, 2.24) is 9.21 Å². The highest BCUT2D eigenvalue weighted by Crippen LogP contribution is 2.33. The largest absolute Gasteiger partial charge is 0.334 e. The number of carbonyl (C=O) groups excluding carboxylic acids is 1. The van der Waals surface area contributed by atoms with Gasteiger partial charge in [0.2, 0.25) is 10.0 Å². The van der Waals surface area contributed by atoms with Gasteiger partial charge in [-0.2, -0.15) is 4.31 Å². The summed E-state index contributed by atoms with van der Waals surface area (Å²) in [5.41, 5.74) is 0.313. The molecule has 1 aromatic rings. The Kier molecular flexibility index (Phi) is 3.49. The van der Waals surface area contributed by atoms with E-state index in [2.05, 4.69) is 0 Å². The van der Waals surface area contributed by atoms with Crippen LogP contribution in [-0.2, 0) is 10.0 Å². The molecule has 0 bridgehead atoms. The minimum atomic E-state index is -3.23. The maximum absolute atomic E-state index is 13.2. The average molecular weight is 312 g/mol. The lowest BCUT2D eigenvalue weighted by Crippen LogP contribution is -2.40. The summed E-state index contributed by atoms with van der Waals surface area (Å²) in [5.74, 6) is -0.490. The Hall–Kier alpha value is -1.47. The Morgan fingerprint density at radius 3 is 2.76 bits per heavy atom. The van der Waals surface area contributed by atoms with E-state index < -0.39 is 15.8 Å². The lowest BCUT2D eigenvalue weighted by atomic mass is 10.0. The molecule has 0 aromatic heterocycles. The minimum Gasteiger partial charge on any atom is -0.334 e. The first-order valence-corrected chi connectivity index (χ1v) is 8.73. The van der Waals surface area contributed by atoms with Gasteiger partial charge in [0.05, 0.1) is 6.26 Å². The molecule has 0 aliphatic carbocycles. The third kappa shape index (κ3) is 2.67. The number of sulfonamides is 1. The molecule has 2 aliphatic rings. The van der Waals surface area contributed by atoms with Crippen LogP contribution in [0.2, 0.25) is 0 Å². The fourth-order valence-corrected chi connectivity index (χ4v) is 4.12. The molecule has 3 rings (SSSR count). The minimum absolute atomic E-state index is 0.101. The molecular formula is C14H17FN2O3S. The quantitative estimate of drug-likeness (QED) is 0.816. The van der Waals surface area contributed by atoms with Crippen molar-refractivity contribution in [2.45, 2.75) is 12.5 Å². The number of amides is 1. The van der Waals surface area contributed by atoms with Crippen LogP contribution in [0.3, 0.4) is 0 Å². The van der Waals surface area contributed by atoms with E-state index in [9.17, 15) is 17.6 Å². The van der Waals surface area contributed by atoms with Crippen molar-refractivity contribution in [2.24, 2.45) is 5.92 Å². The van der Waals surface area contributed by atoms with Crippen LogP contribution < -0.4 is 0 Å². The number of hydrogen-bond donors (Lipinski definition) is 0. The Morgan fingerprint density at radius 2 is 2.10 bits per heavy atom. The lowest BCUT2D eigenvalue weighted by molar-refractivity contribution is 0.0732. The molecule has 0 spiro atoms. The lowest BCUT2D eigenvalue weighted by Gasteiger charge is -2.24. The predicted octanol–water partition coefficient (Wildman–Crippen LogP) is 0.932. The van der Waals surface area contributed by atoms with E-state index in [1.807, 2.05) is 0 Å². The first kappa shape index (κ1) is 14.5. The van der Waals surface area contributed by atoms with Crippen molar-refractivity contribution in [1.29, 1.82) is 0 Å². The molecule has 1 aromatic carbocycles. The van der Waals surface area contributed by atoms with Crippen LogP contribution >= 0.6 is 0 Å². The third-order valence-corrected chi connectivity index (χ3v) is 5.55. The molecular weight excluding hydrogens is 295 g/mol. The number of halogens is 1. The molecule has 2 fully saturated rings. The summed E-state index contributed by atoms with van der Waals surface area (Å²) in [6.45, 7) is 1.41. The number of carbonyl (C=O) groups is 1. The molecule has 2 aliphatic heterocycles. The maximum atomic E-state index is 13.2. The molecule has 114 valence electrons. The monoisotopic (exact) mass is 312 g/mol. The van der Waals surface area contributed by atoms with Gasteiger partial charge in [-0.1, -0.05) is 6.07 Å². The van der Waals surface area contributed by atoms with Gasteiger partial charge in [0.15, 0.2) is 0 Å². The Balaban J connectivity index is 1.80. The van der Waals surface area contributed by atoms with E-state index >= 15 is 0 Å². The highest BCUT2D eigenvalue weighted by molar-refractivity contribution is 7.88. The van der Waals surface area contributed by atoms with Gasteiger partial charge < -0.3 is 4.90 Å². The summed E-state index contributed by atoms with van der Waals surface area (Å²) in [6.07, 6.45) is 1.98. The summed E-state index contributed by atoms with van der Waals surface area (Å²) in [5, 5.41) is 0. The Labute approximate surface area is 123 Å². The van der Waals surface area contributed by atoms with E-state index in [0.717, 1.165) is 6.42 Å². The molecule has 2 atom stereocenters. The van der Waals surface area contributed by atoms with Crippen LogP contribution in [0.1, 0.15) is 16.8 Å². The summed E-state index contributed by atoms with van der Waals surface area (Å²) in [4.78, 5) is 14.2. The molecule has 2 heterocycles. The third-order valence-electron chi connectivity index (χ3n) is 4.32. The van der Waals surface area contributed by atoms with E-state index in [0.29, 0.717) is 25.2 Å². The summed E-state index contributed by atoms with van der Waals surface area (Å²) in [6, 6.07) is 5.51.